The first-order valence-electron chi connectivity index (χ1n) is 9.99. The Morgan fingerprint density at radius 1 is 1.10 bits per heavy atom. The van der Waals surface area contributed by atoms with Gasteiger partial charge in [-0.2, -0.15) is 0 Å². The van der Waals surface area contributed by atoms with E-state index in [1.807, 2.05) is 23.1 Å². The molecule has 2 heterocycles. The molecule has 7 heteroatoms. The first kappa shape index (κ1) is 20.3. The molecule has 30 heavy (non-hydrogen) atoms. The smallest absolute Gasteiger partial charge is 0.261 e. The second-order valence-electron chi connectivity index (χ2n) is 7.46. The minimum atomic E-state index is -0.162. The van der Waals surface area contributed by atoms with Crippen LogP contribution in [-0.4, -0.2) is 58.0 Å². The second-order valence-corrected chi connectivity index (χ2v) is 7.85. The summed E-state index contributed by atoms with van der Waals surface area (Å²) in [6.45, 7) is 3.90. The van der Waals surface area contributed by atoms with E-state index in [1.54, 1.807) is 25.2 Å². The normalized spacial score (nSPS) is 15.2. The number of piperazine rings is 1. The van der Waals surface area contributed by atoms with Crippen LogP contribution in [0, 0.1) is 4.77 Å². The van der Waals surface area contributed by atoms with Crippen LogP contribution in [0.15, 0.2) is 59.4 Å². The molecule has 2 aromatic carbocycles. The number of amides is 1. The minimum absolute atomic E-state index is 0.0172. The Labute approximate surface area is 180 Å². The molecule has 1 N–H and O–H groups in total. The van der Waals surface area contributed by atoms with E-state index in [2.05, 4.69) is 34.2 Å². The number of fused-ring (bicyclic) bond motifs is 1. The van der Waals surface area contributed by atoms with E-state index in [4.69, 9.17) is 12.2 Å². The van der Waals surface area contributed by atoms with Crippen LogP contribution in [0.1, 0.15) is 15.9 Å². The van der Waals surface area contributed by atoms with E-state index in [9.17, 15) is 9.59 Å². The minimum Gasteiger partial charge on any atom is -0.336 e. The van der Waals surface area contributed by atoms with Gasteiger partial charge in [0.25, 0.3) is 11.5 Å². The average molecular weight is 421 g/mol. The summed E-state index contributed by atoms with van der Waals surface area (Å²) in [5, 5.41) is 0.526. The number of carbonyl (C=O) groups excluding carboxylic acids is 1. The van der Waals surface area contributed by atoms with E-state index < -0.39 is 0 Å². The van der Waals surface area contributed by atoms with Crippen LogP contribution in [0.4, 0.5) is 0 Å². The summed E-state index contributed by atoms with van der Waals surface area (Å²) >= 11 is 5.18. The van der Waals surface area contributed by atoms with Crippen LogP contribution in [-0.2, 0) is 7.05 Å². The third kappa shape index (κ3) is 4.27. The van der Waals surface area contributed by atoms with Gasteiger partial charge < -0.3 is 9.88 Å². The Morgan fingerprint density at radius 3 is 2.57 bits per heavy atom. The maximum absolute atomic E-state index is 13.0. The standard InChI is InChI=1S/C23H24N4O2S/c1-25-22(29)19-10-9-18(16-20(19)24-23(25)30)21(28)27-14-12-26(13-15-27)11-5-8-17-6-3-2-4-7-17/h2-10,16H,11-15H2,1H3,(H,24,30)/b8-5+. The van der Waals surface area contributed by atoms with Gasteiger partial charge in [-0.25, -0.2) is 0 Å². The number of aromatic nitrogens is 2. The van der Waals surface area contributed by atoms with Crippen molar-refractivity contribution in [3.63, 3.8) is 0 Å². The zero-order chi connectivity index (χ0) is 21.1. The van der Waals surface area contributed by atoms with Crippen molar-refractivity contribution in [3.05, 3.63) is 80.9 Å². The summed E-state index contributed by atoms with van der Waals surface area (Å²) in [7, 11) is 1.63. The lowest BCUT2D eigenvalue weighted by atomic mass is 10.1. The fourth-order valence-corrected chi connectivity index (χ4v) is 3.85. The SMILES string of the molecule is Cn1c(=S)[nH]c2cc(C(=O)N3CCN(C/C=C/c4ccccc4)CC3)ccc2c1=O. The third-order valence-electron chi connectivity index (χ3n) is 5.48. The van der Waals surface area contributed by atoms with Gasteiger partial charge in [0.05, 0.1) is 10.9 Å². The number of carbonyl (C=O) groups is 1. The molecule has 1 fully saturated rings. The maximum Gasteiger partial charge on any atom is 0.261 e. The molecule has 1 aliphatic heterocycles. The maximum atomic E-state index is 13.0. The van der Waals surface area contributed by atoms with Crippen molar-refractivity contribution in [2.24, 2.45) is 7.05 Å². The van der Waals surface area contributed by atoms with E-state index >= 15 is 0 Å². The van der Waals surface area contributed by atoms with Crippen LogP contribution in [0.2, 0.25) is 0 Å². The van der Waals surface area contributed by atoms with E-state index in [0.717, 1.165) is 19.6 Å². The van der Waals surface area contributed by atoms with Crippen LogP contribution in [0.3, 0.4) is 0 Å². The van der Waals surface area contributed by atoms with Crippen molar-refractivity contribution in [1.29, 1.82) is 0 Å². The number of rotatable bonds is 4. The highest BCUT2D eigenvalue weighted by Crippen LogP contribution is 2.14. The molecule has 0 atom stereocenters. The quantitative estimate of drug-likeness (QED) is 0.659. The lowest BCUT2D eigenvalue weighted by Gasteiger charge is -2.34. The van der Waals surface area contributed by atoms with Gasteiger partial charge in [-0.3, -0.25) is 19.1 Å². The molecule has 1 amide bonds. The summed E-state index contributed by atoms with van der Waals surface area (Å²) in [4.78, 5) is 32.5. The Balaban J connectivity index is 1.39. The topological polar surface area (TPSA) is 61.3 Å². The van der Waals surface area contributed by atoms with Crippen molar-refractivity contribution >= 4 is 35.1 Å². The zero-order valence-corrected chi connectivity index (χ0v) is 17.7. The van der Waals surface area contributed by atoms with Gasteiger partial charge in [0.15, 0.2) is 4.77 Å². The van der Waals surface area contributed by atoms with E-state index in [0.29, 0.717) is 34.3 Å². The molecule has 0 bridgehead atoms. The van der Waals surface area contributed by atoms with Gasteiger partial charge in [0.2, 0.25) is 0 Å². The lowest BCUT2D eigenvalue weighted by Crippen LogP contribution is -2.48. The predicted octanol–water partition coefficient (Wildman–Crippen LogP) is 3.07. The highest BCUT2D eigenvalue weighted by atomic mass is 32.1. The fraction of sp³-hybridized carbons (Fsp3) is 0.261. The van der Waals surface area contributed by atoms with Crippen LogP contribution in [0.25, 0.3) is 17.0 Å². The summed E-state index contributed by atoms with van der Waals surface area (Å²) in [6, 6.07) is 15.4. The molecule has 0 saturated carbocycles. The molecule has 0 unspecified atom stereocenters. The summed E-state index contributed by atoms with van der Waals surface area (Å²) in [5.74, 6) is -0.0172. The summed E-state index contributed by atoms with van der Waals surface area (Å²) in [6.07, 6.45) is 4.29. The third-order valence-corrected chi connectivity index (χ3v) is 5.86. The fourth-order valence-electron chi connectivity index (χ4n) is 3.66. The number of nitrogens with zero attached hydrogens (tertiary/aromatic N) is 3. The molecular formula is C23H24N4O2S. The van der Waals surface area contributed by atoms with Gasteiger partial charge >= 0.3 is 0 Å². The zero-order valence-electron chi connectivity index (χ0n) is 16.9. The van der Waals surface area contributed by atoms with Gasteiger partial charge in [0, 0.05) is 45.3 Å². The molecule has 3 aromatic rings. The molecule has 0 radical (unpaired) electrons. The molecule has 1 aliphatic rings. The van der Waals surface area contributed by atoms with Crippen LogP contribution in [0.5, 0.6) is 0 Å². The molecule has 154 valence electrons. The van der Waals surface area contributed by atoms with E-state index in [1.165, 1.54) is 10.1 Å². The van der Waals surface area contributed by atoms with Gasteiger partial charge in [0.1, 0.15) is 0 Å². The molecule has 1 saturated heterocycles. The predicted molar refractivity (Wildman–Crippen MR) is 122 cm³/mol. The molecule has 1 aromatic heterocycles. The van der Waals surface area contributed by atoms with E-state index in [-0.39, 0.29) is 11.5 Å². The highest BCUT2D eigenvalue weighted by molar-refractivity contribution is 7.71. The number of nitrogens with one attached hydrogen (secondary N) is 1. The lowest BCUT2D eigenvalue weighted by molar-refractivity contribution is 0.0650. The van der Waals surface area contributed by atoms with Crippen molar-refractivity contribution in [3.8, 4) is 0 Å². The Kier molecular flexibility index (Phi) is 5.92. The molecule has 0 aliphatic carbocycles. The summed E-state index contributed by atoms with van der Waals surface area (Å²) in [5.41, 5.74) is 2.19. The molecule has 0 spiro atoms. The molecule has 4 rings (SSSR count). The first-order valence-corrected chi connectivity index (χ1v) is 10.4. The second kappa shape index (κ2) is 8.77. The van der Waals surface area contributed by atoms with Crippen molar-refractivity contribution < 1.29 is 4.79 Å². The number of benzene rings is 2. The van der Waals surface area contributed by atoms with Crippen LogP contribution < -0.4 is 5.56 Å². The number of hydrogen-bond donors (Lipinski definition) is 1. The molecular weight excluding hydrogens is 396 g/mol. The Bertz CT molecular complexity index is 1210. The van der Waals surface area contributed by atoms with Gasteiger partial charge in [-0.15, -0.1) is 0 Å². The van der Waals surface area contributed by atoms with Crippen molar-refractivity contribution in [2.75, 3.05) is 32.7 Å². The first-order chi connectivity index (χ1) is 14.5. The Hall–Kier alpha value is -3.03. The largest absolute Gasteiger partial charge is 0.336 e. The molecule has 6 nitrogen and oxygen atoms in total. The average Bonchev–Trinajstić information content (AvgIpc) is 2.78. The summed E-state index contributed by atoms with van der Waals surface area (Å²) < 4.78 is 1.74. The number of aromatic amines is 1. The number of hydrogen-bond acceptors (Lipinski definition) is 4. The van der Waals surface area contributed by atoms with Gasteiger partial charge in [-0.05, 0) is 36.0 Å². The van der Waals surface area contributed by atoms with Crippen molar-refractivity contribution in [2.45, 2.75) is 0 Å². The van der Waals surface area contributed by atoms with Crippen molar-refractivity contribution in [1.82, 2.24) is 19.4 Å². The van der Waals surface area contributed by atoms with Gasteiger partial charge in [-0.1, -0.05) is 42.5 Å². The monoisotopic (exact) mass is 420 g/mol. The highest BCUT2D eigenvalue weighted by Gasteiger charge is 2.22. The Morgan fingerprint density at radius 2 is 1.83 bits per heavy atom. The van der Waals surface area contributed by atoms with Crippen LogP contribution >= 0.6 is 12.2 Å². The number of H-pyrrole nitrogens is 1.